The van der Waals surface area contributed by atoms with Crippen LogP contribution in [0.1, 0.15) is 46.1 Å². The molecule has 1 aromatic rings. The normalized spacial score (nSPS) is 11.4. The molecule has 0 radical (unpaired) electrons. The molecule has 1 rings (SSSR count). The minimum Gasteiger partial charge on any atom is -0.371 e. The smallest absolute Gasteiger partial charge is 0.0467 e. The Balaban J connectivity index is 2.93. The van der Waals surface area contributed by atoms with Gasteiger partial charge in [-0.15, -0.1) is 0 Å². The van der Waals surface area contributed by atoms with Crippen molar-refractivity contribution >= 4 is 33.2 Å². The lowest BCUT2D eigenvalue weighted by molar-refractivity contribution is 0.535. The van der Waals surface area contributed by atoms with Crippen LogP contribution in [0.15, 0.2) is 18.2 Å². The summed E-state index contributed by atoms with van der Waals surface area (Å²) in [6.07, 6.45) is 2.43. The van der Waals surface area contributed by atoms with Crippen LogP contribution in [0.5, 0.6) is 0 Å². The zero-order chi connectivity index (χ0) is 15.1. The molecule has 0 heterocycles. The van der Waals surface area contributed by atoms with E-state index in [4.69, 9.17) is 11.6 Å². The van der Waals surface area contributed by atoms with Gasteiger partial charge in [0.15, 0.2) is 0 Å². The van der Waals surface area contributed by atoms with Gasteiger partial charge in [-0.05, 0) is 36.8 Å². The van der Waals surface area contributed by atoms with Crippen molar-refractivity contribution in [1.82, 2.24) is 0 Å². The largest absolute Gasteiger partial charge is 0.371 e. The summed E-state index contributed by atoms with van der Waals surface area (Å²) in [5.41, 5.74) is 2.50. The van der Waals surface area contributed by atoms with Gasteiger partial charge in [0, 0.05) is 34.7 Å². The predicted octanol–water partition coefficient (Wildman–Crippen LogP) is 6.13. The van der Waals surface area contributed by atoms with Crippen LogP contribution in [-0.4, -0.2) is 13.1 Å². The average molecular weight is 361 g/mol. The van der Waals surface area contributed by atoms with Gasteiger partial charge in [-0.3, -0.25) is 0 Å². The lowest BCUT2D eigenvalue weighted by Gasteiger charge is -2.29. The first-order valence-corrected chi connectivity index (χ1v) is 9.04. The topological polar surface area (TPSA) is 3.24 Å². The van der Waals surface area contributed by atoms with Crippen molar-refractivity contribution < 1.29 is 0 Å². The highest BCUT2D eigenvalue weighted by molar-refractivity contribution is 9.08. The van der Waals surface area contributed by atoms with Gasteiger partial charge in [0.1, 0.15) is 0 Å². The van der Waals surface area contributed by atoms with Crippen molar-refractivity contribution in [3.05, 3.63) is 28.8 Å². The fraction of sp³-hybridized carbons (Fsp3) is 0.647. The number of rotatable bonds is 8. The molecule has 0 aliphatic carbocycles. The molecule has 0 bridgehead atoms. The molecular formula is C17H27BrClN. The summed E-state index contributed by atoms with van der Waals surface area (Å²) in [5, 5.41) is 1.67. The van der Waals surface area contributed by atoms with E-state index >= 15 is 0 Å². The summed E-state index contributed by atoms with van der Waals surface area (Å²) in [5.74, 6) is 1.45. The van der Waals surface area contributed by atoms with Gasteiger partial charge in [0.25, 0.3) is 0 Å². The standard InChI is InChI=1S/C17H27BrClN/c1-13(2)8-10-20(11-9-14(3)4)17-7-5-6-16(19)15(17)12-18/h5-7,13-14H,8-12H2,1-4H3. The number of alkyl halides is 1. The summed E-state index contributed by atoms with van der Waals surface area (Å²) in [6.45, 7) is 11.3. The minimum atomic E-state index is 0.725. The van der Waals surface area contributed by atoms with Gasteiger partial charge in [-0.1, -0.05) is 61.3 Å². The van der Waals surface area contributed by atoms with Crippen LogP contribution in [-0.2, 0) is 5.33 Å². The van der Waals surface area contributed by atoms with Crippen LogP contribution in [0.2, 0.25) is 5.02 Å². The van der Waals surface area contributed by atoms with Crippen LogP contribution in [0.3, 0.4) is 0 Å². The Morgan fingerprint density at radius 1 is 1.05 bits per heavy atom. The monoisotopic (exact) mass is 359 g/mol. The number of nitrogens with zero attached hydrogens (tertiary/aromatic N) is 1. The van der Waals surface area contributed by atoms with E-state index in [9.17, 15) is 0 Å². The number of hydrogen-bond acceptors (Lipinski definition) is 1. The van der Waals surface area contributed by atoms with Crippen LogP contribution in [0, 0.1) is 11.8 Å². The second-order valence-corrected chi connectivity index (χ2v) is 7.19. The number of hydrogen-bond donors (Lipinski definition) is 0. The zero-order valence-electron chi connectivity index (χ0n) is 13.1. The van der Waals surface area contributed by atoms with Crippen LogP contribution in [0.4, 0.5) is 5.69 Å². The van der Waals surface area contributed by atoms with Crippen molar-refractivity contribution in [2.45, 2.75) is 45.9 Å². The number of benzene rings is 1. The van der Waals surface area contributed by atoms with Gasteiger partial charge in [0.2, 0.25) is 0 Å². The molecule has 0 aromatic heterocycles. The van der Waals surface area contributed by atoms with E-state index in [2.05, 4.69) is 60.7 Å². The molecule has 0 atom stereocenters. The third kappa shape index (κ3) is 5.65. The first-order valence-electron chi connectivity index (χ1n) is 7.54. The van der Waals surface area contributed by atoms with E-state index < -0.39 is 0 Å². The molecular weight excluding hydrogens is 334 g/mol. The Morgan fingerprint density at radius 2 is 1.60 bits per heavy atom. The lowest BCUT2D eigenvalue weighted by atomic mass is 10.1. The molecule has 0 unspecified atom stereocenters. The van der Waals surface area contributed by atoms with Crippen LogP contribution < -0.4 is 4.90 Å². The van der Waals surface area contributed by atoms with Gasteiger partial charge in [0.05, 0.1) is 0 Å². The summed E-state index contributed by atoms with van der Waals surface area (Å²) < 4.78 is 0. The summed E-state index contributed by atoms with van der Waals surface area (Å²) in [6, 6.07) is 6.23. The third-order valence-electron chi connectivity index (χ3n) is 3.52. The fourth-order valence-electron chi connectivity index (χ4n) is 2.16. The molecule has 0 saturated carbocycles. The maximum atomic E-state index is 6.34. The van der Waals surface area contributed by atoms with Crippen molar-refractivity contribution in [3.63, 3.8) is 0 Å². The van der Waals surface area contributed by atoms with Gasteiger partial charge < -0.3 is 4.90 Å². The summed E-state index contributed by atoms with van der Waals surface area (Å²) in [4.78, 5) is 2.50. The van der Waals surface area contributed by atoms with E-state index in [1.165, 1.54) is 24.1 Å². The molecule has 0 fully saturated rings. The zero-order valence-corrected chi connectivity index (χ0v) is 15.5. The average Bonchev–Trinajstić information content (AvgIpc) is 2.38. The van der Waals surface area contributed by atoms with Gasteiger partial charge in [-0.2, -0.15) is 0 Å². The lowest BCUT2D eigenvalue weighted by Crippen LogP contribution is -2.28. The van der Waals surface area contributed by atoms with E-state index in [1.807, 2.05) is 6.07 Å². The highest BCUT2D eigenvalue weighted by Gasteiger charge is 2.14. The molecule has 0 aliphatic rings. The van der Waals surface area contributed by atoms with Crippen molar-refractivity contribution in [2.75, 3.05) is 18.0 Å². The molecule has 1 nitrogen and oxygen atoms in total. The maximum Gasteiger partial charge on any atom is 0.0467 e. The molecule has 0 spiro atoms. The second kappa shape index (κ2) is 8.94. The Kier molecular flexibility index (Phi) is 7.98. The maximum absolute atomic E-state index is 6.34. The van der Waals surface area contributed by atoms with Crippen molar-refractivity contribution in [1.29, 1.82) is 0 Å². The third-order valence-corrected chi connectivity index (χ3v) is 4.44. The Labute approximate surface area is 137 Å². The fourth-order valence-corrected chi connectivity index (χ4v) is 3.14. The first-order chi connectivity index (χ1) is 9.45. The number of halogens is 2. The first kappa shape index (κ1) is 17.8. The molecule has 0 amide bonds. The molecule has 114 valence electrons. The van der Waals surface area contributed by atoms with Crippen molar-refractivity contribution in [3.8, 4) is 0 Å². The molecule has 1 aromatic carbocycles. The Morgan fingerprint density at radius 3 is 2.05 bits per heavy atom. The van der Waals surface area contributed by atoms with Crippen LogP contribution in [0.25, 0.3) is 0 Å². The predicted molar refractivity (Wildman–Crippen MR) is 95.2 cm³/mol. The van der Waals surface area contributed by atoms with Crippen molar-refractivity contribution in [2.24, 2.45) is 11.8 Å². The van der Waals surface area contributed by atoms with Gasteiger partial charge in [-0.25, -0.2) is 0 Å². The number of anilines is 1. The summed E-state index contributed by atoms with van der Waals surface area (Å²) >= 11 is 9.92. The molecule has 0 saturated heterocycles. The Hall–Kier alpha value is -0.210. The molecule has 0 aliphatic heterocycles. The molecule has 20 heavy (non-hydrogen) atoms. The molecule has 3 heteroatoms. The van der Waals surface area contributed by atoms with Crippen LogP contribution >= 0.6 is 27.5 Å². The van der Waals surface area contributed by atoms with E-state index in [0.29, 0.717) is 0 Å². The van der Waals surface area contributed by atoms with E-state index in [-0.39, 0.29) is 0 Å². The van der Waals surface area contributed by atoms with Gasteiger partial charge >= 0.3 is 0 Å². The highest BCUT2D eigenvalue weighted by atomic mass is 79.9. The molecule has 0 N–H and O–H groups in total. The minimum absolute atomic E-state index is 0.725. The van der Waals surface area contributed by atoms with E-state index in [1.54, 1.807) is 0 Å². The quantitative estimate of drug-likeness (QED) is 0.504. The second-order valence-electron chi connectivity index (χ2n) is 6.22. The van der Waals surface area contributed by atoms with E-state index in [0.717, 1.165) is 35.3 Å². The SMILES string of the molecule is CC(C)CCN(CCC(C)C)c1cccc(Cl)c1CBr. The Bertz CT molecular complexity index is 392. The summed E-state index contributed by atoms with van der Waals surface area (Å²) in [7, 11) is 0. The highest BCUT2D eigenvalue weighted by Crippen LogP contribution is 2.30.